The zero-order chi connectivity index (χ0) is 14.6. The second kappa shape index (κ2) is 6.47. The number of rotatable bonds is 7. The van der Waals surface area contributed by atoms with Crippen LogP contribution in [-0.2, 0) is 16.6 Å². The van der Waals surface area contributed by atoms with Crippen molar-refractivity contribution in [2.75, 3.05) is 41.3 Å². The summed E-state index contributed by atoms with van der Waals surface area (Å²) in [5, 5.41) is 9.76. The molecule has 0 aliphatic heterocycles. The lowest BCUT2D eigenvalue weighted by atomic mass is 10.3. The smallest absolute Gasteiger partial charge is 0.262 e. The Morgan fingerprint density at radius 1 is 1.26 bits per heavy atom. The molecule has 0 fully saturated rings. The predicted octanol–water partition coefficient (Wildman–Crippen LogP) is -0.380. The second-order valence-corrected chi connectivity index (χ2v) is 6.75. The topological polar surface area (TPSA) is 81.3 Å². The number of aryl methyl sites for hydroxylation is 1. The molecule has 110 valence electrons. The summed E-state index contributed by atoms with van der Waals surface area (Å²) in [6.45, 7) is 3.39. The molecule has 0 radical (unpaired) electrons. The maximum atomic E-state index is 12.5. The molecule has 0 atom stereocenters. The Bertz CT molecular complexity index is 509. The van der Waals surface area contributed by atoms with E-state index in [1.54, 1.807) is 14.1 Å². The van der Waals surface area contributed by atoms with Gasteiger partial charge in [0, 0.05) is 37.9 Å². The fourth-order valence-electron chi connectivity index (χ4n) is 1.64. The molecule has 2 N–H and O–H groups in total. The van der Waals surface area contributed by atoms with Crippen molar-refractivity contribution in [3.8, 4) is 0 Å². The second-order valence-electron chi connectivity index (χ2n) is 4.79. The van der Waals surface area contributed by atoms with Crippen molar-refractivity contribution in [1.29, 1.82) is 0 Å². The van der Waals surface area contributed by atoms with E-state index in [0.717, 1.165) is 5.69 Å². The first-order valence-corrected chi connectivity index (χ1v) is 7.54. The summed E-state index contributed by atoms with van der Waals surface area (Å²) >= 11 is 0. The van der Waals surface area contributed by atoms with Gasteiger partial charge in [-0.3, -0.25) is 5.10 Å². The van der Waals surface area contributed by atoms with Crippen molar-refractivity contribution >= 4 is 10.0 Å². The number of nitrogens with one attached hydrogen (secondary N) is 2. The third-order valence-electron chi connectivity index (χ3n) is 2.91. The molecule has 0 saturated carbocycles. The van der Waals surface area contributed by atoms with Crippen LogP contribution in [0, 0.1) is 6.92 Å². The first kappa shape index (κ1) is 16.1. The highest BCUT2D eigenvalue weighted by Gasteiger charge is 2.27. The largest absolute Gasteiger partial charge is 0.316 e. The van der Waals surface area contributed by atoms with Crippen LogP contribution >= 0.6 is 0 Å². The van der Waals surface area contributed by atoms with Gasteiger partial charge in [-0.05, 0) is 28.1 Å². The third-order valence-corrected chi connectivity index (χ3v) is 4.74. The molecule has 0 saturated heterocycles. The van der Waals surface area contributed by atoms with Gasteiger partial charge in [0.1, 0.15) is 0 Å². The highest BCUT2D eigenvalue weighted by molar-refractivity contribution is 7.89. The minimum absolute atomic E-state index is 0.112. The number of likely N-dealkylation sites (N-methyl/N-ethyl adjacent to an activating group) is 2. The van der Waals surface area contributed by atoms with Crippen molar-refractivity contribution < 1.29 is 8.42 Å². The van der Waals surface area contributed by atoms with Crippen LogP contribution < -0.4 is 5.32 Å². The molecule has 7 nitrogen and oxygen atoms in total. The minimum Gasteiger partial charge on any atom is -0.316 e. The number of hydrogen-bond acceptors (Lipinski definition) is 5. The monoisotopic (exact) mass is 289 g/mol. The number of sulfonamides is 1. The zero-order valence-electron chi connectivity index (χ0n) is 12.2. The van der Waals surface area contributed by atoms with Crippen molar-refractivity contribution in [3.63, 3.8) is 0 Å². The lowest BCUT2D eigenvalue weighted by molar-refractivity contribution is 0.357. The van der Waals surface area contributed by atoms with Gasteiger partial charge in [0.2, 0.25) is 0 Å². The van der Waals surface area contributed by atoms with Gasteiger partial charge in [-0.2, -0.15) is 9.40 Å². The molecular weight excluding hydrogens is 266 g/mol. The van der Waals surface area contributed by atoms with E-state index >= 15 is 0 Å². The third kappa shape index (κ3) is 3.75. The Morgan fingerprint density at radius 3 is 2.42 bits per heavy atom. The van der Waals surface area contributed by atoms with Gasteiger partial charge in [-0.25, -0.2) is 8.42 Å². The van der Waals surface area contributed by atoms with Crippen LogP contribution in [0.5, 0.6) is 0 Å². The Balaban J connectivity index is 2.99. The van der Waals surface area contributed by atoms with Crippen LogP contribution in [-0.4, -0.2) is 69.1 Å². The molecule has 0 aliphatic rings. The van der Waals surface area contributed by atoms with E-state index in [9.17, 15) is 8.42 Å². The number of H-pyrrole nitrogens is 1. The van der Waals surface area contributed by atoms with E-state index in [1.807, 2.05) is 25.9 Å². The van der Waals surface area contributed by atoms with Crippen molar-refractivity contribution in [1.82, 2.24) is 24.7 Å². The van der Waals surface area contributed by atoms with Crippen molar-refractivity contribution in [2.45, 2.75) is 18.5 Å². The average Bonchev–Trinajstić information content (AvgIpc) is 2.69. The number of aromatic amines is 1. The average molecular weight is 289 g/mol. The Kier molecular flexibility index (Phi) is 5.48. The first-order valence-electron chi connectivity index (χ1n) is 6.10. The Morgan fingerprint density at radius 2 is 1.89 bits per heavy atom. The van der Waals surface area contributed by atoms with E-state index in [4.69, 9.17) is 0 Å². The lowest BCUT2D eigenvalue weighted by Gasteiger charge is -2.19. The van der Waals surface area contributed by atoms with Crippen LogP contribution in [0.2, 0.25) is 0 Å². The predicted molar refractivity (Wildman–Crippen MR) is 74.5 cm³/mol. The van der Waals surface area contributed by atoms with Crippen LogP contribution in [0.4, 0.5) is 0 Å². The molecule has 1 rings (SSSR count). The van der Waals surface area contributed by atoms with E-state index in [-0.39, 0.29) is 5.03 Å². The fraction of sp³-hybridized carbons (Fsp3) is 0.727. The number of aromatic nitrogens is 2. The molecule has 8 heteroatoms. The lowest BCUT2D eigenvalue weighted by Crippen LogP contribution is -2.34. The quantitative estimate of drug-likeness (QED) is 0.715. The molecule has 0 aromatic carbocycles. The van der Waals surface area contributed by atoms with Crippen LogP contribution in [0.3, 0.4) is 0 Å². The first-order chi connectivity index (χ1) is 8.80. The summed E-state index contributed by atoms with van der Waals surface area (Å²) in [7, 11) is 3.63. The molecule has 0 spiro atoms. The fourth-order valence-corrected chi connectivity index (χ4v) is 2.95. The van der Waals surface area contributed by atoms with Crippen LogP contribution in [0.1, 0.15) is 11.3 Å². The highest BCUT2D eigenvalue weighted by atomic mass is 32.2. The standard InChI is InChI=1S/C11H23N5O2S/c1-9-10(8-12-2)11(14-13-9)19(17,18)16(5)7-6-15(3)4/h12H,6-8H2,1-5H3,(H,13,14). The molecule has 1 aromatic heterocycles. The highest BCUT2D eigenvalue weighted by Crippen LogP contribution is 2.19. The van der Waals surface area contributed by atoms with Crippen LogP contribution in [0.25, 0.3) is 0 Å². The molecule has 0 bridgehead atoms. The molecule has 19 heavy (non-hydrogen) atoms. The minimum atomic E-state index is -3.54. The summed E-state index contributed by atoms with van der Waals surface area (Å²) < 4.78 is 26.2. The van der Waals surface area contributed by atoms with Gasteiger partial charge in [-0.1, -0.05) is 0 Å². The van der Waals surface area contributed by atoms with E-state index < -0.39 is 10.0 Å². The Hall–Kier alpha value is -0.960. The van der Waals surface area contributed by atoms with E-state index in [2.05, 4.69) is 15.5 Å². The van der Waals surface area contributed by atoms with Gasteiger partial charge in [-0.15, -0.1) is 0 Å². The summed E-state index contributed by atoms with van der Waals surface area (Å²) in [5.74, 6) is 0. The SMILES string of the molecule is CNCc1c(S(=O)(=O)N(C)CCN(C)C)n[nH]c1C. The molecule has 0 unspecified atom stereocenters. The van der Waals surface area contributed by atoms with Gasteiger partial charge in [0.25, 0.3) is 10.0 Å². The van der Waals surface area contributed by atoms with E-state index in [1.165, 1.54) is 4.31 Å². The number of hydrogen-bond donors (Lipinski definition) is 2. The van der Waals surface area contributed by atoms with Crippen molar-refractivity contribution in [2.24, 2.45) is 0 Å². The molecule has 0 aliphatic carbocycles. The summed E-state index contributed by atoms with van der Waals surface area (Å²) in [4.78, 5) is 1.94. The normalized spacial score (nSPS) is 12.6. The summed E-state index contributed by atoms with van der Waals surface area (Å²) in [6, 6.07) is 0. The molecule has 1 aromatic rings. The summed E-state index contributed by atoms with van der Waals surface area (Å²) in [6.07, 6.45) is 0. The Labute approximate surface area is 115 Å². The summed E-state index contributed by atoms with van der Waals surface area (Å²) in [5.41, 5.74) is 1.47. The van der Waals surface area contributed by atoms with Gasteiger partial charge >= 0.3 is 0 Å². The van der Waals surface area contributed by atoms with Gasteiger partial charge in [0.15, 0.2) is 5.03 Å². The maximum Gasteiger partial charge on any atom is 0.262 e. The van der Waals surface area contributed by atoms with E-state index in [0.29, 0.717) is 25.2 Å². The molecule has 1 heterocycles. The number of nitrogens with zero attached hydrogens (tertiary/aromatic N) is 3. The van der Waals surface area contributed by atoms with Gasteiger partial charge in [0.05, 0.1) is 0 Å². The molecular formula is C11H23N5O2S. The van der Waals surface area contributed by atoms with Crippen LogP contribution in [0.15, 0.2) is 5.03 Å². The van der Waals surface area contributed by atoms with Gasteiger partial charge < -0.3 is 10.2 Å². The zero-order valence-corrected chi connectivity index (χ0v) is 13.0. The maximum absolute atomic E-state index is 12.5. The molecule has 0 amide bonds. The van der Waals surface area contributed by atoms with Crippen molar-refractivity contribution in [3.05, 3.63) is 11.3 Å².